The Balaban J connectivity index is 1.46. The molecule has 1 fully saturated rings. The van der Waals surface area contributed by atoms with Gasteiger partial charge in [-0.15, -0.1) is 0 Å². The molecule has 35 heavy (non-hydrogen) atoms. The maximum Gasteiger partial charge on any atom is 0.343 e. The van der Waals surface area contributed by atoms with Gasteiger partial charge in [-0.05, 0) is 85.9 Å². The first-order valence-electron chi connectivity index (χ1n) is 11.7. The van der Waals surface area contributed by atoms with E-state index in [2.05, 4.69) is 0 Å². The molecular formula is C28H27F3O4. The molecule has 0 spiro atoms. The molecule has 0 heterocycles. The fourth-order valence-electron chi connectivity index (χ4n) is 4.53. The number of halogens is 3. The molecule has 7 heteroatoms. The lowest BCUT2D eigenvalue weighted by Crippen LogP contribution is -2.17. The van der Waals surface area contributed by atoms with Gasteiger partial charge in [0.05, 0.1) is 12.2 Å². The van der Waals surface area contributed by atoms with E-state index in [4.69, 9.17) is 9.47 Å². The second-order valence-electron chi connectivity index (χ2n) is 8.72. The molecule has 0 amide bonds. The van der Waals surface area contributed by atoms with Gasteiger partial charge in [-0.1, -0.05) is 24.3 Å². The Bertz CT molecular complexity index is 1190. The van der Waals surface area contributed by atoms with Crippen molar-refractivity contribution in [1.29, 1.82) is 0 Å². The maximum absolute atomic E-state index is 15.0. The Morgan fingerprint density at radius 1 is 0.943 bits per heavy atom. The van der Waals surface area contributed by atoms with Crippen LogP contribution in [0.5, 0.6) is 11.5 Å². The SMILES string of the molecule is CCOc1ccc(C(=O)Oc2ccc(-c3ccc(C4CCC(CO)CC4)c(F)c3F)cc2)cc1F. The van der Waals surface area contributed by atoms with E-state index in [1.165, 1.54) is 36.4 Å². The summed E-state index contributed by atoms with van der Waals surface area (Å²) in [6.07, 6.45) is 3.04. The van der Waals surface area contributed by atoms with Gasteiger partial charge >= 0.3 is 5.97 Å². The molecule has 184 valence electrons. The molecular weight excluding hydrogens is 457 g/mol. The zero-order valence-electron chi connectivity index (χ0n) is 19.4. The van der Waals surface area contributed by atoms with Crippen molar-refractivity contribution in [2.24, 2.45) is 5.92 Å². The van der Waals surface area contributed by atoms with Crippen molar-refractivity contribution in [2.75, 3.05) is 13.2 Å². The third-order valence-corrected chi connectivity index (χ3v) is 6.50. The van der Waals surface area contributed by atoms with E-state index in [1.54, 1.807) is 19.1 Å². The predicted octanol–water partition coefficient (Wildman–Crippen LogP) is 6.65. The van der Waals surface area contributed by atoms with E-state index in [1.807, 2.05) is 0 Å². The quantitative estimate of drug-likeness (QED) is 0.301. The van der Waals surface area contributed by atoms with E-state index >= 15 is 0 Å². The molecule has 4 nitrogen and oxygen atoms in total. The normalized spacial score (nSPS) is 17.7. The van der Waals surface area contributed by atoms with Crippen LogP contribution >= 0.6 is 0 Å². The molecule has 0 unspecified atom stereocenters. The number of aliphatic hydroxyl groups is 1. The van der Waals surface area contributed by atoms with Gasteiger partial charge < -0.3 is 14.6 Å². The topological polar surface area (TPSA) is 55.8 Å². The highest BCUT2D eigenvalue weighted by atomic mass is 19.2. The highest BCUT2D eigenvalue weighted by Gasteiger charge is 2.26. The van der Waals surface area contributed by atoms with Gasteiger partial charge in [-0.3, -0.25) is 0 Å². The van der Waals surface area contributed by atoms with Gasteiger partial charge in [0.25, 0.3) is 0 Å². The minimum absolute atomic E-state index is 0.0201. The smallest absolute Gasteiger partial charge is 0.343 e. The molecule has 0 saturated heterocycles. The number of carbonyl (C=O) groups is 1. The van der Waals surface area contributed by atoms with Crippen LogP contribution in [0.25, 0.3) is 11.1 Å². The number of ether oxygens (including phenoxy) is 2. The lowest BCUT2D eigenvalue weighted by atomic mass is 9.78. The lowest BCUT2D eigenvalue weighted by Gasteiger charge is -2.28. The van der Waals surface area contributed by atoms with Crippen LogP contribution in [0, 0.1) is 23.4 Å². The molecule has 0 radical (unpaired) electrons. The van der Waals surface area contributed by atoms with Gasteiger partial charge in [0, 0.05) is 12.2 Å². The number of benzene rings is 3. The van der Waals surface area contributed by atoms with Crippen LogP contribution in [0.2, 0.25) is 0 Å². The molecule has 0 aromatic heterocycles. The molecule has 4 rings (SSSR count). The summed E-state index contributed by atoms with van der Waals surface area (Å²) < 4.78 is 54.3. The second-order valence-corrected chi connectivity index (χ2v) is 8.72. The van der Waals surface area contributed by atoms with E-state index in [0.717, 1.165) is 31.7 Å². The average molecular weight is 485 g/mol. The van der Waals surface area contributed by atoms with Gasteiger partial charge in [0.15, 0.2) is 23.2 Å². The van der Waals surface area contributed by atoms with Gasteiger partial charge in [0.1, 0.15) is 5.75 Å². The summed E-state index contributed by atoms with van der Waals surface area (Å²) >= 11 is 0. The zero-order valence-corrected chi connectivity index (χ0v) is 19.4. The van der Waals surface area contributed by atoms with Crippen LogP contribution in [-0.2, 0) is 0 Å². The molecule has 3 aromatic carbocycles. The molecule has 1 aliphatic rings. The number of esters is 1. The molecule has 1 saturated carbocycles. The molecule has 0 aliphatic heterocycles. The zero-order chi connectivity index (χ0) is 24.9. The third-order valence-electron chi connectivity index (χ3n) is 6.50. The van der Waals surface area contributed by atoms with Crippen LogP contribution in [0.15, 0.2) is 54.6 Å². The molecule has 0 atom stereocenters. The monoisotopic (exact) mass is 484 g/mol. The summed E-state index contributed by atoms with van der Waals surface area (Å²) in [6, 6.07) is 13.0. The fourth-order valence-corrected chi connectivity index (χ4v) is 4.53. The van der Waals surface area contributed by atoms with Crippen molar-refractivity contribution < 1.29 is 32.5 Å². The minimum atomic E-state index is -0.915. The van der Waals surface area contributed by atoms with E-state index in [-0.39, 0.29) is 41.1 Å². The highest BCUT2D eigenvalue weighted by molar-refractivity contribution is 5.91. The second kappa shape index (κ2) is 11.0. The van der Waals surface area contributed by atoms with Crippen LogP contribution in [0.1, 0.15) is 54.4 Å². The van der Waals surface area contributed by atoms with E-state index in [9.17, 15) is 23.1 Å². The van der Waals surface area contributed by atoms with E-state index in [0.29, 0.717) is 17.7 Å². The largest absolute Gasteiger partial charge is 0.491 e. The van der Waals surface area contributed by atoms with Crippen molar-refractivity contribution in [3.05, 3.63) is 83.2 Å². The van der Waals surface area contributed by atoms with Gasteiger partial charge in [-0.25, -0.2) is 18.0 Å². The van der Waals surface area contributed by atoms with Crippen molar-refractivity contribution in [1.82, 2.24) is 0 Å². The first-order chi connectivity index (χ1) is 16.9. The molecule has 0 bridgehead atoms. The fraction of sp³-hybridized carbons (Fsp3) is 0.321. The number of rotatable bonds is 7. The molecule has 1 N–H and O–H groups in total. The van der Waals surface area contributed by atoms with Crippen molar-refractivity contribution in [3.63, 3.8) is 0 Å². The Hall–Kier alpha value is -3.32. The molecule has 3 aromatic rings. The maximum atomic E-state index is 15.0. The number of aliphatic hydroxyl groups excluding tert-OH is 1. The predicted molar refractivity (Wildman–Crippen MR) is 126 cm³/mol. The van der Waals surface area contributed by atoms with Crippen LogP contribution in [0.3, 0.4) is 0 Å². The third kappa shape index (κ3) is 5.51. The standard InChI is InChI=1S/C28H27F3O4/c1-2-34-25-14-9-20(15-24(25)29)28(33)35-21-10-7-19(8-11-21)23-13-12-22(26(30)27(23)31)18-5-3-17(16-32)4-6-18/h7-15,17-18,32H,2-6,16H2,1H3. The Morgan fingerprint density at radius 2 is 1.66 bits per heavy atom. The van der Waals surface area contributed by atoms with Crippen molar-refractivity contribution in [2.45, 2.75) is 38.5 Å². The Labute approximate surface area is 202 Å². The first-order valence-corrected chi connectivity index (χ1v) is 11.7. The van der Waals surface area contributed by atoms with Crippen LogP contribution in [-0.4, -0.2) is 24.3 Å². The summed E-state index contributed by atoms with van der Waals surface area (Å²) in [5.74, 6) is -2.77. The first kappa shape index (κ1) is 24.8. The van der Waals surface area contributed by atoms with Crippen LogP contribution in [0.4, 0.5) is 13.2 Å². The summed E-state index contributed by atoms with van der Waals surface area (Å²) in [4.78, 5) is 12.4. The highest BCUT2D eigenvalue weighted by Crippen LogP contribution is 2.39. The summed E-state index contributed by atoms with van der Waals surface area (Å²) in [7, 11) is 0. The number of hydrogen-bond donors (Lipinski definition) is 1. The summed E-state index contributed by atoms with van der Waals surface area (Å²) in [5, 5.41) is 9.29. The molecule has 1 aliphatic carbocycles. The summed E-state index contributed by atoms with van der Waals surface area (Å²) in [5.41, 5.74) is 0.938. The van der Waals surface area contributed by atoms with Gasteiger partial charge in [-0.2, -0.15) is 0 Å². The Kier molecular flexibility index (Phi) is 7.76. The van der Waals surface area contributed by atoms with Gasteiger partial charge in [0.2, 0.25) is 0 Å². The van der Waals surface area contributed by atoms with Crippen molar-refractivity contribution in [3.8, 4) is 22.6 Å². The lowest BCUT2D eigenvalue weighted by molar-refractivity contribution is 0.0734. The minimum Gasteiger partial charge on any atom is -0.491 e. The Morgan fingerprint density at radius 3 is 2.29 bits per heavy atom. The number of carbonyl (C=O) groups excluding carboxylic acids is 1. The average Bonchev–Trinajstić information content (AvgIpc) is 2.87. The van der Waals surface area contributed by atoms with Crippen LogP contribution < -0.4 is 9.47 Å². The number of hydrogen-bond acceptors (Lipinski definition) is 4. The summed E-state index contributed by atoms with van der Waals surface area (Å²) in [6.45, 7) is 2.15. The van der Waals surface area contributed by atoms with Crippen molar-refractivity contribution >= 4 is 5.97 Å². The van der Waals surface area contributed by atoms with E-state index < -0.39 is 23.4 Å².